The van der Waals surface area contributed by atoms with Crippen molar-refractivity contribution in [2.45, 2.75) is 12.3 Å². The van der Waals surface area contributed by atoms with Gasteiger partial charge in [-0.05, 0) is 51.7 Å². The average molecular weight is 578 g/mol. The van der Waals surface area contributed by atoms with Gasteiger partial charge in [0.1, 0.15) is 11.2 Å². The van der Waals surface area contributed by atoms with Crippen LogP contribution in [0.3, 0.4) is 0 Å². The van der Waals surface area contributed by atoms with Crippen molar-refractivity contribution in [3.63, 3.8) is 0 Å². The quantitative estimate of drug-likeness (QED) is 0.209. The zero-order valence-corrected chi connectivity index (χ0v) is 24.4. The molecule has 1 unspecified atom stereocenters. The lowest BCUT2D eigenvalue weighted by Crippen LogP contribution is -2.01. The monoisotopic (exact) mass is 577 g/mol. The Morgan fingerprint density at radius 2 is 1.24 bits per heavy atom. The van der Waals surface area contributed by atoms with Crippen LogP contribution in [-0.2, 0) is 0 Å². The Hall–Kier alpha value is -5.87. The minimum absolute atomic E-state index is 0.412. The van der Waals surface area contributed by atoms with Gasteiger partial charge in [-0.3, -0.25) is 0 Å². The summed E-state index contributed by atoms with van der Waals surface area (Å²) >= 11 is 0. The summed E-state index contributed by atoms with van der Waals surface area (Å²) in [7, 11) is 0. The summed E-state index contributed by atoms with van der Waals surface area (Å²) in [5.41, 5.74) is 5.83. The number of hydrogen-bond donors (Lipinski definition) is 0. The van der Waals surface area contributed by atoms with Crippen LogP contribution >= 0.6 is 0 Å². The maximum Gasteiger partial charge on any atom is 0.164 e. The lowest BCUT2D eigenvalue weighted by molar-refractivity contribution is 0.669. The first-order valence-electron chi connectivity index (χ1n) is 15.3. The van der Waals surface area contributed by atoms with Gasteiger partial charge < -0.3 is 4.42 Å². The molecule has 0 spiro atoms. The van der Waals surface area contributed by atoms with Gasteiger partial charge in [0.2, 0.25) is 0 Å². The van der Waals surface area contributed by atoms with Crippen LogP contribution in [0.25, 0.3) is 77.6 Å². The van der Waals surface area contributed by atoms with Crippen LogP contribution in [0.1, 0.15) is 17.9 Å². The van der Waals surface area contributed by atoms with Crippen molar-refractivity contribution in [2.24, 2.45) is 0 Å². The van der Waals surface area contributed by atoms with Crippen molar-refractivity contribution in [1.29, 1.82) is 0 Å². The van der Waals surface area contributed by atoms with Crippen LogP contribution < -0.4 is 0 Å². The summed E-state index contributed by atoms with van der Waals surface area (Å²) in [6, 6.07) is 42.1. The van der Waals surface area contributed by atoms with Crippen LogP contribution in [0.2, 0.25) is 0 Å². The van der Waals surface area contributed by atoms with Gasteiger partial charge in [-0.1, -0.05) is 127 Å². The Kier molecular flexibility index (Phi) is 5.91. The molecular weight excluding hydrogens is 550 g/mol. The molecule has 45 heavy (non-hydrogen) atoms. The van der Waals surface area contributed by atoms with Crippen molar-refractivity contribution in [2.75, 3.05) is 0 Å². The molecule has 0 bridgehead atoms. The molecular formula is C41H27N3O. The fourth-order valence-electron chi connectivity index (χ4n) is 6.59. The predicted octanol–water partition coefficient (Wildman–Crippen LogP) is 10.7. The number of hydrogen-bond acceptors (Lipinski definition) is 4. The number of furan rings is 1. The molecule has 0 aliphatic heterocycles. The number of rotatable bonds is 4. The highest BCUT2D eigenvalue weighted by molar-refractivity contribution is 6.11. The fraction of sp³-hybridized carbons (Fsp3) is 0.0488. The van der Waals surface area contributed by atoms with Crippen molar-refractivity contribution >= 4 is 43.5 Å². The second-order valence-corrected chi connectivity index (χ2v) is 11.6. The van der Waals surface area contributed by atoms with E-state index in [1.165, 1.54) is 10.9 Å². The molecule has 2 aromatic heterocycles. The molecule has 0 radical (unpaired) electrons. The molecule has 1 aliphatic rings. The third-order valence-electron chi connectivity index (χ3n) is 8.84. The molecule has 2 heterocycles. The minimum atomic E-state index is 0.412. The van der Waals surface area contributed by atoms with Crippen LogP contribution in [0, 0.1) is 0 Å². The molecule has 9 rings (SSSR count). The maximum atomic E-state index is 6.22. The Balaban J connectivity index is 1.25. The minimum Gasteiger partial charge on any atom is -0.456 e. The predicted molar refractivity (Wildman–Crippen MR) is 184 cm³/mol. The number of benzene rings is 6. The molecule has 6 aromatic carbocycles. The topological polar surface area (TPSA) is 51.8 Å². The molecule has 1 aliphatic carbocycles. The standard InChI is InChI=1S/C41H27N3O/c1-2-10-26(11-3-1)28-20-21-30-25-31(23-22-29(30)24-28)39-42-40(33-16-8-13-27-12-4-5-14-32(27)33)44-41(43-39)35-17-9-19-37-38(35)34-15-6-7-18-36(34)45-37/h1-10,12-26H,11H2. The number of aromatic nitrogens is 3. The number of para-hydroxylation sites is 1. The maximum absolute atomic E-state index is 6.22. The third kappa shape index (κ3) is 4.42. The van der Waals surface area contributed by atoms with Gasteiger partial charge in [0, 0.05) is 33.4 Å². The average Bonchev–Trinajstić information content (AvgIpc) is 3.50. The van der Waals surface area contributed by atoms with Gasteiger partial charge >= 0.3 is 0 Å². The fourth-order valence-corrected chi connectivity index (χ4v) is 6.59. The van der Waals surface area contributed by atoms with E-state index in [1.807, 2.05) is 30.3 Å². The summed E-state index contributed by atoms with van der Waals surface area (Å²) in [6.45, 7) is 0. The highest BCUT2D eigenvalue weighted by atomic mass is 16.3. The van der Waals surface area contributed by atoms with E-state index in [-0.39, 0.29) is 0 Å². The molecule has 0 fully saturated rings. The Morgan fingerprint density at radius 1 is 0.533 bits per heavy atom. The smallest absolute Gasteiger partial charge is 0.164 e. The van der Waals surface area contributed by atoms with E-state index >= 15 is 0 Å². The largest absolute Gasteiger partial charge is 0.456 e. The van der Waals surface area contributed by atoms with E-state index in [0.29, 0.717) is 23.4 Å². The Bertz CT molecular complexity index is 2480. The van der Waals surface area contributed by atoms with Crippen LogP contribution in [0.15, 0.2) is 150 Å². The molecule has 4 nitrogen and oxygen atoms in total. The van der Waals surface area contributed by atoms with Gasteiger partial charge in [0.05, 0.1) is 0 Å². The highest BCUT2D eigenvalue weighted by Gasteiger charge is 2.19. The number of nitrogens with zero attached hydrogens (tertiary/aromatic N) is 3. The van der Waals surface area contributed by atoms with E-state index in [4.69, 9.17) is 19.4 Å². The van der Waals surface area contributed by atoms with Crippen LogP contribution in [0.4, 0.5) is 0 Å². The Labute approximate surface area is 260 Å². The van der Waals surface area contributed by atoms with Gasteiger partial charge in [0.15, 0.2) is 17.5 Å². The lowest BCUT2D eigenvalue weighted by atomic mass is 9.91. The van der Waals surface area contributed by atoms with Gasteiger partial charge in [-0.15, -0.1) is 0 Å². The molecule has 0 N–H and O–H groups in total. The summed E-state index contributed by atoms with van der Waals surface area (Å²) in [6.07, 6.45) is 9.80. The van der Waals surface area contributed by atoms with E-state index in [9.17, 15) is 0 Å². The summed E-state index contributed by atoms with van der Waals surface area (Å²) in [5, 5.41) is 6.66. The van der Waals surface area contributed by atoms with Crippen molar-refractivity contribution < 1.29 is 4.42 Å². The lowest BCUT2D eigenvalue weighted by Gasteiger charge is -2.14. The van der Waals surface area contributed by atoms with Gasteiger partial charge in [-0.25, -0.2) is 15.0 Å². The van der Waals surface area contributed by atoms with Gasteiger partial charge in [-0.2, -0.15) is 0 Å². The van der Waals surface area contributed by atoms with Gasteiger partial charge in [0.25, 0.3) is 0 Å². The van der Waals surface area contributed by atoms with Crippen molar-refractivity contribution in [3.05, 3.63) is 151 Å². The molecule has 4 heteroatoms. The number of fused-ring (bicyclic) bond motifs is 5. The molecule has 212 valence electrons. The number of allylic oxidation sites excluding steroid dienone is 4. The highest BCUT2D eigenvalue weighted by Crippen LogP contribution is 2.37. The molecule has 0 saturated carbocycles. The Morgan fingerprint density at radius 3 is 2.16 bits per heavy atom. The van der Waals surface area contributed by atoms with Crippen LogP contribution in [-0.4, -0.2) is 15.0 Å². The summed E-state index contributed by atoms with van der Waals surface area (Å²) in [5.74, 6) is 2.31. The zero-order valence-electron chi connectivity index (χ0n) is 24.4. The summed E-state index contributed by atoms with van der Waals surface area (Å²) in [4.78, 5) is 15.4. The van der Waals surface area contributed by atoms with Crippen LogP contribution in [0.5, 0.6) is 0 Å². The SMILES string of the molecule is C1=CCC(c2ccc3cc(-c4nc(-c5cccc6ccccc56)nc(-c5cccc6oc7ccccc7c56)n4)ccc3c2)C=C1. The van der Waals surface area contributed by atoms with Crippen molar-refractivity contribution in [3.8, 4) is 34.2 Å². The normalized spacial score (nSPS) is 14.6. The molecule has 0 amide bonds. The second-order valence-electron chi connectivity index (χ2n) is 11.6. The first-order chi connectivity index (χ1) is 22.3. The third-order valence-corrected chi connectivity index (χ3v) is 8.84. The molecule has 1 atom stereocenters. The van der Waals surface area contributed by atoms with Crippen molar-refractivity contribution in [1.82, 2.24) is 15.0 Å². The molecule has 8 aromatic rings. The van der Waals surface area contributed by atoms with E-state index in [2.05, 4.69) is 115 Å². The van der Waals surface area contributed by atoms with E-state index in [1.54, 1.807) is 0 Å². The first kappa shape index (κ1) is 25.6. The summed E-state index contributed by atoms with van der Waals surface area (Å²) < 4.78 is 6.22. The van der Waals surface area contributed by atoms with E-state index < -0.39 is 0 Å². The first-order valence-corrected chi connectivity index (χ1v) is 15.3. The van der Waals surface area contributed by atoms with E-state index in [0.717, 1.165) is 61.2 Å². The molecule has 0 saturated heterocycles. The second kappa shape index (κ2) is 10.4. The zero-order chi connectivity index (χ0) is 29.7.